The second-order valence-corrected chi connectivity index (χ2v) is 8.09. The zero-order chi connectivity index (χ0) is 16.6. The standard InChI is InChI=1S/C15H18N4O3S/c1-11-3-5-12(6-4-11)19-9-14(16-17-19)15(20)18(2)13-7-8-23(21,22)10-13/h3-6,9,13H,7-8,10H2,1-2H3/t13-/m0/s1. The Kier molecular flexibility index (Phi) is 3.93. The van der Waals surface area contributed by atoms with E-state index in [0.717, 1.165) is 11.3 Å². The molecule has 0 unspecified atom stereocenters. The minimum absolute atomic E-state index is 0.0152. The number of carbonyl (C=O) groups excluding carboxylic acids is 1. The zero-order valence-corrected chi connectivity index (χ0v) is 13.8. The first kappa shape index (κ1) is 15.7. The second-order valence-electron chi connectivity index (χ2n) is 5.86. The molecular formula is C15H18N4O3S. The number of aryl methyl sites for hydroxylation is 1. The molecule has 0 radical (unpaired) electrons. The Bertz CT molecular complexity index is 827. The number of benzene rings is 1. The molecule has 1 saturated heterocycles. The Morgan fingerprint density at radius 2 is 2.00 bits per heavy atom. The summed E-state index contributed by atoms with van der Waals surface area (Å²) in [6.45, 7) is 1.99. The number of hydrogen-bond acceptors (Lipinski definition) is 5. The molecule has 0 N–H and O–H groups in total. The van der Waals surface area contributed by atoms with E-state index in [-0.39, 0.29) is 29.1 Å². The number of carbonyl (C=O) groups is 1. The summed E-state index contributed by atoms with van der Waals surface area (Å²) in [6, 6.07) is 7.40. The number of amides is 1. The molecule has 2 heterocycles. The van der Waals surface area contributed by atoms with Crippen molar-refractivity contribution in [2.45, 2.75) is 19.4 Å². The maximum Gasteiger partial charge on any atom is 0.276 e. The van der Waals surface area contributed by atoms with Gasteiger partial charge in [-0.2, -0.15) is 0 Å². The van der Waals surface area contributed by atoms with Crippen LogP contribution in [0.5, 0.6) is 0 Å². The van der Waals surface area contributed by atoms with Gasteiger partial charge in [0.05, 0.1) is 23.4 Å². The van der Waals surface area contributed by atoms with Gasteiger partial charge in [0.15, 0.2) is 15.5 Å². The zero-order valence-electron chi connectivity index (χ0n) is 13.0. The van der Waals surface area contributed by atoms with E-state index in [9.17, 15) is 13.2 Å². The number of aromatic nitrogens is 3. The predicted molar refractivity (Wildman–Crippen MR) is 85.2 cm³/mol. The van der Waals surface area contributed by atoms with E-state index in [1.807, 2.05) is 31.2 Å². The van der Waals surface area contributed by atoms with Crippen molar-refractivity contribution >= 4 is 15.7 Å². The molecule has 0 saturated carbocycles. The van der Waals surface area contributed by atoms with E-state index in [0.29, 0.717) is 6.42 Å². The molecule has 122 valence electrons. The van der Waals surface area contributed by atoms with Crippen LogP contribution in [0.25, 0.3) is 5.69 Å². The fourth-order valence-corrected chi connectivity index (χ4v) is 4.39. The van der Waals surface area contributed by atoms with Crippen molar-refractivity contribution < 1.29 is 13.2 Å². The highest BCUT2D eigenvalue weighted by atomic mass is 32.2. The molecule has 1 amide bonds. The van der Waals surface area contributed by atoms with Crippen molar-refractivity contribution in [2.75, 3.05) is 18.6 Å². The van der Waals surface area contributed by atoms with Crippen molar-refractivity contribution in [2.24, 2.45) is 0 Å². The van der Waals surface area contributed by atoms with Gasteiger partial charge in [0.25, 0.3) is 5.91 Å². The first-order valence-electron chi connectivity index (χ1n) is 7.33. The molecule has 1 fully saturated rings. The van der Waals surface area contributed by atoms with Gasteiger partial charge in [0.1, 0.15) is 0 Å². The lowest BCUT2D eigenvalue weighted by Gasteiger charge is -2.21. The first-order chi connectivity index (χ1) is 10.9. The highest BCUT2D eigenvalue weighted by Crippen LogP contribution is 2.18. The van der Waals surface area contributed by atoms with E-state index in [1.54, 1.807) is 13.2 Å². The molecule has 7 nitrogen and oxygen atoms in total. The highest BCUT2D eigenvalue weighted by Gasteiger charge is 2.33. The van der Waals surface area contributed by atoms with E-state index in [1.165, 1.54) is 9.58 Å². The largest absolute Gasteiger partial charge is 0.336 e. The molecule has 0 spiro atoms. The van der Waals surface area contributed by atoms with Gasteiger partial charge in [-0.15, -0.1) is 5.10 Å². The summed E-state index contributed by atoms with van der Waals surface area (Å²) in [6.07, 6.45) is 2.03. The van der Waals surface area contributed by atoms with Crippen LogP contribution >= 0.6 is 0 Å². The van der Waals surface area contributed by atoms with Crippen LogP contribution in [0.15, 0.2) is 30.5 Å². The van der Waals surface area contributed by atoms with Crippen molar-refractivity contribution in [3.63, 3.8) is 0 Å². The molecule has 1 atom stereocenters. The monoisotopic (exact) mass is 334 g/mol. The maximum absolute atomic E-state index is 12.5. The van der Waals surface area contributed by atoms with Crippen LogP contribution in [0.2, 0.25) is 0 Å². The third kappa shape index (κ3) is 3.26. The molecule has 1 aromatic heterocycles. The van der Waals surface area contributed by atoms with E-state index in [2.05, 4.69) is 10.3 Å². The number of nitrogens with zero attached hydrogens (tertiary/aromatic N) is 4. The molecular weight excluding hydrogens is 316 g/mol. The summed E-state index contributed by atoms with van der Waals surface area (Å²) in [5.41, 5.74) is 2.15. The van der Waals surface area contributed by atoms with E-state index >= 15 is 0 Å². The van der Waals surface area contributed by atoms with Gasteiger partial charge in [0, 0.05) is 13.1 Å². The summed E-state index contributed by atoms with van der Waals surface area (Å²) in [5.74, 6) is -0.169. The fraction of sp³-hybridized carbons (Fsp3) is 0.400. The van der Waals surface area contributed by atoms with Crippen LogP contribution in [0.4, 0.5) is 0 Å². The Hall–Kier alpha value is -2.22. The van der Waals surface area contributed by atoms with Gasteiger partial charge in [-0.05, 0) is 25.5 Å². The average Bonchev–Trinajstić information content (AvgIpc) is 3.13. The highest BCUT2D eigenvalue weighted by molar-refractivity contribution is 7.91. The summed E-state index contributed by atoms with van der Waals surface area (Å²) < 4.78 is 24.6. The van der Waals surface area contributed by atoms with Gasteiger partial charge < -0.3 is 4.90 Å². The van der Waals surface area contributed by atoms with Crippen LogP contribution in [-0.2, 0) is 9.84 Å². The molecule has 23 heavy (non-hydrogen) atoms. The molecule has 8 heteroatoms. The van der Waals surface area contributed by atoms with Crippen LogP contribution in [-0.4, -0.2) is 58.8 Å². The van der Waals surface area contributed by atoms with Crippen molar-refractivity contribution in [1.29, 1.82) is 0 Å². The summed E-state index contributed by atoms with van der Waals surface area (Å²) in [7, 11) is -1.42. The Morgan fingerprint density at radius 1 is 1.30 bits per heavy atom. The maximum atomic E-state index is 12.5. The number of hydrogen-bond donors (Lipinski definition) is 0. The lowest BCUT2D eigenvalue weighted by Crippen LogP contribution is -2.38. The molecule has 2 aromatic rings. The first-order valence-corrected chi connectivity index (χ1v) is 9.15. The van der Waals surface area contributed by atoms with Crippen LogP contribution in [0, 0.1) is 6.92 Å². The molecule has 3 rings (SSSR count). The van der Waals surface area contributed by atoms with Crippen molar-refractivity contribution in [3.05, 3.63) is 41.7 Å². The average molecular weight is 334 g/mol. The summed E-state index contributed by atoms with van der Waals surface area (Å²) in [4.78, 5) is 13.9. The third-order valence-electron chi connectivity index (χ3n) is 4.09. The van der Waals surface area contributed by atoms with Crippen LogP contribution in [0.3, 0.4) is 0 Å². The van der Waals surface area contributed by atoms with Gasteiger partial charge in [-0.25, -0.2) is 13.1 Å². The predicted octanol–water partition coefficient (Wildman–Crippen LogP) is 0.835. The van der Waals surface area contributed by atoms with Gasteiger partial charge in [-0.1, -0.05) is 22.9 Å². The lowest BCUT2D eigenvalue weighted by atomic mass is 10.2. The minimum atomic E-state index is -3.03. The summed E-state index contributed by atoms with van der Waals surface area (Å²) in [5, 5.41) is 7.89. The summed E-state index contributed by atoms with van der Waals surface area (Å²) >= 11 is 0. The quantitative estimate of drug-likeness (QED) is 0.830. The smallest absolute Gasteiger partial charge is 0.276 e. The number of sulfone groups is 1. The van der Waals surface area contributed by atoms with Crippen LogP contribution in [0.1, 0.15) is 22.5 Å². The SMILES string of the molecule is Cc1ccc(-n2cc(C(=O)N(C)[C@H]3CCS(=O)(=O)C3)nn2)cc1. The Balaban J connectivity index is 1.77. The van der Waals surface area contributed by atoms with Gasteiger partial charge >= 0.3 is 0 Å². The Morgan fingerprint density at radius 3 is 2.61 bits per heavy atom. The van der Waals surface area contributed by atoms with Crippen molar-refractivity contribution in [3.8, 4) is 5.69 Å². The lowest BCUT2D eigenvalue weighted by molar-refractivity contribution is 0.0741. The Labute approximate surface area is 134 Å². The fourth-order valence-electron chi connectivity index (χ4n) is 2.61. The molecule has 0 aliphatic carbocycles. The normalized spacial score (nSPS) is 19.7. The van der Waals surface area contributed by atoms with Crippen molar-refractivity contribution in [1.82, 2.24) is 19.9 Å². The molecule has 0 bridgehead atoms. The van der Waals surface area contributed by atoms with Crippen LogP contribution < -0.4 is 0 Å². The van der Waals surface area contributed by atoms with Gasteiger partial charge in [0.2, 0.25) is 0 Å². The molecule has 1 aromatic carbocycles. The molecule has 1 aliphatic rings. The molecule has 1 aliphatic heterocycles. The second kappa shape index (κ2) is 5.77. The van der Waals surface area contributed by atoms with E-state index in [4.69, 9.17) is 0 Å². The topological polar surface area (TPSA) is 85.2 Å². The minimum Gasteiger partial charge on any atom is -0.336 e. The van der Waals surface area contributed by atoms with E-state index < -0.39 is 9.84 Å². The van der Waals surface area contributed by atoms with Gasteiger partial charge in [-0.3, -0.25) is 4.79 Å². The number of rotatable bonds is 3. The third-order valence-corrected chi connectivity index (χ3v) is 5.84.